The molecule has 0 spiro atoms. The van der Waals surface area contributed by atoms with Gasteiger partial charge in [-0.1, -0.05) is 0 Å². The molecule has 17 heavy (non-hydrogen) atoms. The summed E-state index contributed by atoms with van der Waals surface area (Å²) < 4.78 is 0. The summed E-state index contributed by atoms with van der Waals surface area (Å²) in [5.74, 6) is -0.0757. The maximum atomic E-state index is 10.9. The number of nitrogens with one attached hydrogen (secondary N) is 2. The van der Waals surface area contributed by atoms with Crippen molar-refractivity contribution in [2.75, 3.05) is 32.5 Å². The van der Waals surface area contributed by atoms with Crippen molar-refractivity contribution in [3.63, 3.8) is 0 Å². The first-order chi connectivity index (χ1) is 8.11. The fourth-order valence-corrected chi connectivity index (χ4v) is 2.22. The van der Waals surface area contributed by atoms with Gasteiger partial charge in [-0.25, -0.2) is 4.98 Å². The van der Waals surface area contributed by atoms with Crippen LogP contribution in [-0.4, -0.2) is 43.0 Å². The first-order valence-electron chi connectivity index (χ1n) is 5.67. The zero-order chi connectivity index (χ0) is 12.7. The van der Waals surface area contributed by atoms with E-state index in [0.29, 0.717) is 5.13 Å². The van der Waals surface area contributed by atoms with Gasteiger partial charge in [-0.15, -0.1) is 11.3 Å². The number of amides is 1. The van der Waals surface area contributed by atoms with Crippen LogP contribution in [0, 0.1) is 0 Å². The smallest absolute Gasteiger partial charge is 0.223 e. The first kappa shape index (κ1) is 14.1. The largest absolute Gasteiger partial charge is 0.320 e. The van der Waals surface area contributed by atoms with Gasteiger partial charge >= 0.3 is 0 Å². The number of anilines is 1. The number of nitrogens with zero attached hydrogens (tertiary/aromatic N) is 2. The Labute approximate surface area is 106 Å². The van der Waals surface area contributed by atoms with Crippen LogP contribution in [0.5, 0.6) is 0 Å². The van der Waals surface area contributed by atoms with Crippen LogP contribution < -0.4 is 10.6 Å². The van der Waals surface area contributed by atoms with Gasteiger partial charge in [0, 0.05) is 18.8 Å². The highest BCUT2D eigenvalue weighted by Crippen LogP contribution is 2.16. The Morgan fingerprint density at radius 3 is 3.00 bits per heavy atom. The fourth-order valence-electron chi connectivity index (χ4n) is 1.47. The van der Waals surface area contributed by atoms with Gasteiger partial charge in [-0.3, -0.25) is 4.79 Å². The van der Waals surface area contributed by atoms with Crippen LogP contribution in [0.3, 0.4) is 0 Å². The minimum absolute atomic E-state index is 0.0757. The molecule has 1 rings (SSSR count). The SMILES string of the molecule is CNCCCN(C)Cc1csc(NC(C)=O)n1. The van der Waals surface area contributed by atoms with Crippen molar-refractivity contribution in [2.24, 2.45) is 0 Å². The van der Waals surface area contributed by atoms with Gasteiger partial charge in [-0.05, 0) is 33.6 Å². The lowest BCUT2D eigenvalue weighted by Crippen LogP contribution is -2.22. The van der Waals surface area contributed by atoms with E-state index in [9.17, 15) is 4.79 Å². The number of thiazole rings is 1. The molecule has 1 heterocycles. The van der Waals surface area contributed by atoms with Crippen LogP contribution in [0.2, 0.25) is 0 Å². The van der Waals surface area contributed by atoms with Crippen molar-refractivity contribution in [2.45, 2.75) is 19.9 Å². The van der Waals surface area contributed by atoms with E-state index < -0.39 is 0 Å². The molecular formula is C11H20N4OS. The van der Waals surface area contributed by atoms with E-state index in [1.165, 1.54) is 18.3 Å². The van der Waals surface area contributed by atoms with Crippen molar-refractivity contribution < 1.29 is 4.79 Å². The molecular weight excluding hydrogens is 236 g/mol. The van der Waals surface area contributed by atoms with Gasteiger partial charge < -0.3 is 15.5 Å². The summed E-state index contributed by atoms with van der Waals surface area (Å²) in [6, 6.07) is 0. The van der Waals surface area contributed by atoms with Gasteiger partial charge in [0.05, 0.1) is 5.69 Å². The molecule has 2 N–H and O–H groups in total. The molecule has 0 atom stereocenters. The number of carbonyl (C=O) groups is 1. The Hall–Kier alpha value is -0.980. The number of carbonyl (C=O) groups excluding carboxylic acids is 1. The maximum absolute atomic E-state index is 10.9. The van der Waals surface area contributed by atoms with Crippen LogP contribution in [0.4, 0.5) is 5.13 Å². The number of aromatic nitrogens is 1. The quantitative estimate of drug-likeness (QED) is 0.718. The van der Waals surface area contributed by atoms with Crippen molar-refractivity contribution in [1.29, 1.82) is 0 Å². The van der Waals surface area contributed by atoms with Crippen LogP contribution in [0.15, 0.2) is 5.38 Å². The third-order valence-corrected chi connectivity index (χ3v) is 3.04. The zero-order valence-corrected chi connectivity index (χ0v) is 11.4. The van der Waals surface area contributed by atoms with Gasteiger partial charge in [0.25, 0.3) is 0 Å². The molecule has 0 aromatic carbocycles. The molecule has 1 amide bonds. The second kappa shape index (κ2) is 7.37. The summed E-state index contributed by atoms with van der Waals surface area (Å²) in [5, 5.41) is 8.48. The predicted molar refractivity (Wildman–Crippen MR) is 71.3 cm³/mol. The summed E-state index contributed by atoms with van der Waals surface area (Å²) in [5.41, 5.74) is 1.01. The maximum Gasteiger partial charge on any atom is 0.223 e. The Bertz CT molecular complexity index is 353. The minimum atomic E-state index is -0.0757. The molecule has 1 aromatic heterocycles. The van der Waals surface area contributed by atoms with Gasteiger partial charge in [0.1, 0.15) is 0 Å². The van der Waals surface area contributed by atoms with Crippen LogP contribution in [0.25, 0.3) is 0 Å². The lowest BCUT2D eigenvalue weighted by molar-refractivity contribution is -0.114. The Balaban J connectivity index is 2.35. The number of hydrogen-bond donors (Lipinski definition) is 2. The van der Waals surface area contributed by atoms with Gasteiger partial charge in [0.15, 0.2) is 5.13 Å². The average molecular weight is 256 g/mol. The molecule has 0 aliphatic carbocycles. The van der Waals surface area contributed by atoms with Crippen LogP contribution in [0.1, 0.15) is 19.0 Å². The highest BCUT2D eigenvalue weighted by atomic mass is 32.1. The molecule has 0 saturated carbocycles. The average Bonchev–Trinajstić information content (AvgIpc) is 2.64. The third kappa shape index (κ3) is 5.76. The normalized spacial score (nSPS) is 10.8. The fraction of sp³-hybridized carbons (Fsp3) is 0.636. The lowest BCUT2D eigenvalue weighted by Gasteiger charge is -2.14. The molecule has 0 fully saturated rings. The summed E-state index contributed by atoms with van der Waals surface area (Å²) in [6.07, 6.45) is 1.12. The molecule has 0 saturated heterocycles. The Morgan fingerprint density at radius 2 is 2.35 bits per heavy atom. The topological polar surface area (TPSA) is 57.3 Å². The van der Waals surface area contributed by atoms with Crippen LogP contribution >= 0.6 is 11.3 Å². The molecule has 0 bridgehead atoms. The summed E-state index contributed by atoms with van der Waals surface area (Å²) in [6.45, 7) is 4.37. The van der Waals surface area contributed by atoms with Crippen molar-refractivity contribution in [1.82, 2.24) is 15.2 Å². The Kier molecular flexibility index (Phi) is 6.10. The van der Waals surface area contributed by atoms with E-state index in [4.69, 9.17) is 0 Å². The molecule has 1 aromatic rings. The molecule has 0 unspecified atom stereocenters. The van der Waals surface area contributed by atoms with Gasteiger partial charge in [-0.2, -0.15) is 0 Å². The summed E-state index contributed by atoms with van der Waals surface area (Å²) >= 11 is 1.47. The van der Waals surface area contributed by atoms with Crippen molar-refractivity contribution >= 4 is 22.4 Å². The van der Waals surface area contributed by atoms with E-state index in [1.54, 1.807) is 0 Å². The molecule has 96 valence electrons. The standard InChI is InChI=1S/C11H20N4OS/c1-9(16)13-11-14-10(8-17-11)7-15(3)6-4-5-12-2/h8,12H,4-7H2,1-3H3,(H,13,14,16). The summed E-state index contributed by atoms with van der Waals surface area (Å²) in [7, 11) is 4.03. The van der Waals surface area contributed by atoms with E-state index in [0.717, 1.165) is 31.7 Å². The monoisotopic (exact) mass is 256 g/mol. The highest BCUT2D eigenvalue weighted by molar-refractivity contribution is 7.13. The second-order valence-corrected chi connectivity index (χ2v) is 4.88. The van der Waals surface area contributed by atoms with E-state index in [2.05, 4.69) is 27.6 Å². The lowest BCUT2D eigenvalue weighted by atomic mass is 10.3. The molecule has 5 nitrogen and oxygen atoms in total. The minimum Gasteiger partial charge on any atom is -0.320 e. The predicted octanol–water partition coefficient (Wildman–Crippen LogP) is 1.14. The third-order valence-electron chi connectivity index (χ3n) is 2.23. The molecule has 0 aliphatic heterocycles. The first-order valence-corrected chi connectivity index (χ1v) is 6.55. The van der Waals surface area contributed by atoms with E-state index in [1.807, 2.05) is 12.4 Å². The molecule has 0 radical (unpaired) electrons. The second-order valence-electron chi connectivity index (χ2n) is 4.02. The van der Waals surface area contributed by atoms with Crippen LogP contribution in [-0.2, 0) is 11.3 Å². The molecule has 6 heteroatoms. The highest BCUT2D eigenvalue weighted by Gasteiger charge is 2.05. The van der Waals surface area contributed by atoms with E-state index >= 15 is 0 Å². The van der Waals surface area contributed by atoms with Crippen molar-refractivity contribution in [3.8, 4) is 0 Å². The Morgan fingerprint density at radius 1 is 1.59 bits per heavy atom. The molecule has 0 aliphatic rings. The zero-order valence-electron chi connectivity index (χ0n) is 10.6. The van der Waals surface area contributed by atoms with Crippen molar-refractivity contribution in [3.05, 3.63) is 11.1 Å². The number of rotatable bonds is 7. The summed E-state index contributed by atoms with van der Waals surface area (Å²) in [4.78, 5) is 17.4. The van der Waals surface area contributed by atoms with E-state index in [-0.39, 0.29) is 5.91 Å². The van der Waals surface area contributed by atoms with Gasteiger partial charge in [0.2, 0.25) is 5.91 Å². The number of hydrogen-bond acceptors (Lipinski definition) is 5.